The van der Waals surface area contributed by atoms with E-state index in [0.717, 1.165) is 11.3 Å². The molecule has 18 heavy (non-hydrogen) atoms. The Morgan fingerprint density at radius 2 is 1.89 bits per heavy atom. The van der Waals surface area contributed by atoms with E-state index in [4.69, 9.17) is 34.8 Å². The first-order valence-electron chi connectivity index (χ1n) is 5.34. The van der Waals surface area contributed by atoms with Gasteiger partial charge in [-0.25, -0.2) is 0 Å². The third kappa shape index (κ3) is 2.50. The molecule has 1 unspecified atom stereocenters. The maximum Gasteiger partial charge on any atom is 0.0837 e. The summed E-state index contributed by atoms with van der Waals surface area (Å²) in [7, 11) is 3.71. The molecule has 2 aromatic rings. The zero-order valence-electron chi connectivity index (χ0n) is 9.92. The van der Waals surface area contributed by atoms with Gasteiger partial charge in [0.25, 0.3) is 0 Å². The summed E-state index contributed by atoms with van der Waals surface area (Å²) in [6, 6.07) is 5.43. The Balaban J connectivity index is 2.48. The SMILES string of the molecule is CNC(c1ccc(Cl)c(Cl)c1)c1c(Cl)cnn1C. The minimum atomic E-state index is -0.0835. The van der Waals surface area contributed by atoms with Crippen molar-refractivity contribution in [2.45, 2.75) is 6.04 Å². The third-order valence-corrected chi connectivity index (χ3v) is 3.81. The van der Waals surface area contributed by atoms with Gasteiger partial charge in [0.1, 0.15) is 0 Å². The molecule has 0 radical (unpaired) electrons. The molecule has 0 fully saturated rings. The van der Waals surface area contributed by atoms with Crippen LogP contribution in [0.1, 0.15) is 17.3 Å². The first-order valence-corrected chi connectivity index (χ1v) is 6.47. The van der Waals surface area contributed by atoms with Crippen molar-refractivity contribution < 1.29 is 0 Å². The first kappa shape index (κ1) is 13.7. The van der Waals surface area contributed by atoms with E-state index < -0.39 is 0 Å². The van der Waals surface area contributed by atoms with Crippen LogP contribution in [0.5, 0.6) is 0 Å². The lowest BCUT2D eigenvalue weighted by atomic mass is 10.0. The summed E-state index contributed by atoms with van der Waals surface area (Å²) in [6.07, 6.45) is 1.62. The molecule has 0 spiro atoms. The zero-order valence-corrected chi connectivity index (χ0v) is 12.2. The molecule has 0 bridgehead atoms. The number of hydrogen-bond donors (Lipinski definition) is 1. The number of nitrogens with zero attached hydrogens (tertiary/aromatic N) is 2. The minimum absolute atomic E-state index is 0.0835. The summed E-state index contributed by atoms with van der Waals surface area (Å²) in [4.78, 5) is 0. The lowest BCUT2D eigenvalue weighted by Gasteiger charge is -2.18. The van der Waals surface area contributed by atoms with Gasteiger partial charge in [0.05, 0.1) is 33.0 Å². The zero-order chi connectivity index (χ0) is 13.3. The highest BCUT2D eigenvalue weighted by Crippen LogP contribution is 2.31. The highest BCUT2D eigenvalue weighted by molar-refractivity contribution is 6.42. The summed E-state index contributed by atoms with van der Waals surface area (Å²) in [5.74, 6) is 0. The molecular formula is C12H12Cl3N3. The van der Waals surface area contributed by atoms with E-state index in [1.807, 2.05) is 26.2 Å². The van der Waals surface area contributed by atoms with Gasteiger partial charge in [-0.1, -0.05) is 40.9 Å². The molecule has 6 heteroatoms. The Morgan fingerprint density at radius 3 is 2.39 bits per heavy atom. The maximum atomic E-state index is 6.16. The molecule has 3 nitrogen and oxygen atoms in total. The van der Waals surface area contributed by atoms with E-state index in [1.54, 1.807) is 16.9 Å². The van der Waals surface area contributed by atoms with Crippen molar-refractivity contribution in [3.63, 3.8) is 0 Å². The molecule has 0 saturated carbocycles. The van der Waals surface area contributed by atoms with E-state index >= 15 is 0 Å². The van der Waals surface area contributed by atoms with E-state index in [-0.39, 0.29) is 6.04 Å². The molecular weight excluding hydrogens is 293 g/mol. The topological polar surface area (TPSA) is 29.9 Å². The van der Waals surface area contributed by atoms with Crippen molar-refractivity contribution in [3.8, 4) is 0 Å². The van der Waals surface area contributed by atoms with Crippen molar-refractivity contribution in [3.05, 3.63) is 50.7 Å². The fourth-order valence-corrected chi connectivity index (χ4v) is 2.48. The van der Waals surface area contributed by atoms with Crippen LogP contribution in [-0.4, -0.2) is 16.8 Å². The van der Waals surface area contributed by atoms with Crippen LogP contribution in [0.4, 0.5) is 0 Å². The smallest absolute Gasteiger partial charge is 0.0837 e. The van der Waals surface area contributed by atoms with E-state index in [1.165, 1.54) is 0 Å². The molecule has 1 atom stereocenters. The molecule has 0 amide bonds. The minimum Gasteiger partial charge on any atom is -0.308 e. The molecule has 0 aliphatic heterocycles. The quantitative estimate of drug-likeness (QED) is 0.937. The van der Waals surface area contributed by atoms with E-state index in [9.17, 15) is 0 Å². The Morgan fingerprint density at radius 1 is 1.17 bits per heavy atom. The van der Waals surface area contributed by atoms with Gasteiger partial charge >= 0.3 is 0 Å². The summed E-state index contributed by atoms with van der Waals surface area (Å²) >= 11 is 18.1. The van der Waals surface area contributed by atoms with Crippen LogP contribution in [0.3, 0.4) is 0 Å². The van der Waals surface area contributed by atoms with Crippen LogP contribution in [0.15, 0.2) is 24.4 Å². The standard InChI is InChI=1S/C12H12Cl3N3/c1-16-11(12-10(15)6-17-18(12)2)7-3-4-8(13)9(14)5-7/h3-6,11,16H,1-2H3. The molecule has 2 rings (SSSR count). The van der Waals surface area contributed by atoms with Gasteiger partial charge in [0.2, 0.25) is 0 Å². The molecule has 96 valence electrons. The van der Waals surface area contributed by atoms with Gasteiger partial charge in [0, 0.05) is 7.05 Å². The molecule has 1 N–H and O–H groups in total. The van der Waals surface area contributed by atoms with Crippen LogP contribution in [-0.2, 0) is 7.05 Å². The Kier molecular flexibility index (Phi) is 4.17. The van der Waals surface area contributed by atoms with Crippen LogP contribution in [0.2, 0.25) is 15.1 Å². The van der Waals surface area contributed by atoms with E-state index in [0.29, 0.717) is 15.1 Å². The lowest BCUT2D eigenvalue weighted by Crippen LogP contribution is -2.21. The fraction of sp³-hybridized carbons (Fsp3) is 0.250. The average Bonchev–Trinajstić information content (AvgIpc) is 2.66. The number of aryl methyl sites for hydroxylation is 1. The van der Waals surface area contributed by atoms with Crippen molar-refractivity contribution in [2.75, 3.05) is 7.05 Å². The summed E-state index contributed by atoms with van der Waals surface area (Å²) in [5, 5.41) is 9.01. The Bertz CT molecular complexity index is 546. The number of benzene rings is 1. The summed E-state index contributed by atoms with van der Waals surface area (Å²) in [6.45, 7) is 0. The predicted molar refractivity (Wildman–Crippen MR) is 75.6 cm³/mol. The van der Waals surface area contributed by atoms with Gasteiger partial charge < -0.3 is 5.32 Å². The van der Waals surface area contributed by atoms with Crippen LogP contribution in [0.25, 0.3) is 0 Å². The third-order valence-electron chi connectivity index (χ3n) is 2.78. The van der Waals surface area contributed by atoms with E-state index in [2.05, 4.69) is 10.4 Å². The molecule has 0 aliphatic carbocycles. The molecule has 1 heterocycles. The van der Waals surface area contributed by atoms with Gasteiger partial charge in [-0.3, -0.25) is 4.68 Å². The molecule has 0 aliphatic rings. The molecule has 1 aromatic heterocycles. The average molecular weight is 305 g/mol. The maximum absolute atomic E-state index is 6.16. The lowest BCUT2D eigenvalue weighted by molar-refractivity contribution is 0.606. The van der Waals surface area contributed by atoms with Crippen molar-refractivity contribution in [1.29, 1.82) is 0 Å². The second-order valence-corrected chi connectivity index (χ2v) is 5.12. The van der Waals surface area contributed by atoms with Crippen molar-refractivity contribution >= 4 is 34.8 Å². The number of hydrogen-bond acceptors (Lipinski definition) is 2. The summed E-state index contributed by atoms with van der Waals surface area (Å²) in [5.41, 5.74) is 1.87. The Labute approximate surface area is 121 Å². The number of rotatable bonds is 3. The highest BCUT2D eigenvalue weighted by Gasteiger charge is 2.20. The second kappa shape index (κ2) is 5.49. The molecule has 0 saturated heterocycles. The number of halogens is 3. The second-order valence-electron chi connectivity index (χ2n) is 3.90. The van der Waals surface area contributed by atoms with Gasteiger partial charge in [0.15, 0.2) is 0 Å². The highest BCUT2D eigenvalue weighted by atomic mass is 35.5. The largest absolute Gasteiger partial charge is 0.308 e. The summed E-state index contributed by atoms with van der Waals surface area (Å²) < 4.78 is 1.74. The fourth-order valence-electron chi connectivity index (χ4n) is 1.90. The van der Waals surface area contributed by atoms with Crippen LogP contribution < -0.4 is 5.32 Å². The predicted octanol–water partition coefficient (Wildman–Crippen LogP) is 3.69. The Hall–Kier alpha value is -0.740. The first-order chi connectivity index (χ1) is 8.54. The normalized spacial score (nSPS) is 12.7. The van der Waals surface area contributed by atoms with Crippen molar-refractivity contribution in [1.82, 2.24) is 15.1 Å². The van der Waals surface area contributed by atoms with Gasteiger partial charge in [-0.05, 0) is 24.7 Å². The van der Waals surface area contributed by atoms with Crippen LogP contribution in [0, 0.1) is 0 Å². The van der Waals surface area contributed by atoms with Gasteiger partial charge in [-0.2, -0.15) is 5.10 Å². The molecule has 1 aromatic carbocycles. The van der Waals surface area contributed by atoms with Crippen LogP contribution >= 0.6 is 34.8 Å². The number of nitrogens with one attached hydrogen (secondary N) is 1. The number of aromatic nitrogens is 2. The monoisotopic (exact) mass is 303 g/mol. The van der Waals surface area contributed by atoms with Crippen molar-refractivity contribution in [2.24, 2.45) is 7.05 Å². The van der Waals surface area contributed by atoms with Gasteiger partial charge in [-0.15, -0.1) is 0 Å².